The largest absolute Gasteiger partial charge is 0.383 e. The second kappa shape index (κ2) is 6.82. The molecule has 0 spiro atoms. The van der Waals surface area contributed by atoms with Crippen molar-refractivity contribution in [2.45, 2.75) is 11.8 Å². The minimum atomic E-state index is -0.165. The quantitative estimate of drug-likeness (QED) is 0.777. The lowest BCUT2D eigenvalue weighted by Gasteiger charge is -2.09. The molecule has 1 atom stereocenters. The molecule has 3 nitrogen and oxygen atoms in total. The molecule has 0 aliphatic heterocycles. The smallest absolute Gasteiger partial charge is 0.224 e. The number of methoxy groups -OCH3 is 1. The van der Waals surface area contributed by atoms with Gasteiger partial charge in [0, 0.05) is 13.7 Å². The van der Waals surface area contributed by atoms with Crippen LogP contribution in [-0.4, -0.2) is 31.5 Å². The lowest BCUT2D eigenvalue weighted by atomic mass is 10.2. The van der Waals surface area contributed by atoms with Gasteiger partial charge in [-0.2, -0.15) is 11.3 Å². The Morgan fingerprint density at radius 2 is 2.53 bits per heavy atom. The number of carbonyl (C=O) groups is 1. The molecular formula is C10H14ClNO2S. The fraction of sp³-hybridized carbons (Fsp3) is 0.500. The van der Waals surface area contributed by atoms with E-state index in [9.17, 15) is 4.79 Å². The Hall–Kier alpha value is -0.580. The van der Waals surface area contributed by atoms with Gasteiger partial charge in [0.05, 0.1) is 18.4 Å². The van der Waals surface area contributed by atoms with Crippen molar-refractivity contribution in [3.8, 4) is 0 Å². The van der Waals surface area contributed by atoms with Gasteiger partial charge in [0.15, 0.2) is 0 Å². The van der Waals surface area contributed by atoms with Crippen LogP contribution in [0, 0.1) is 0 Å². The summed E-state index contributed by atoms with van der Waals surface area (Å²) in [6.07, 6.45) is 0.417. The molecular weight excluding hydrogens is 234 g/mol. The molecule has 0 aliphatic rings. The SMILES string of the molecule is COCC(Cl)CNC(=O)Cc1ccsc1. The Morgan fingerprint density at radius 3 is 3.13 bits per heavy atom. The Bertz CT molecular complexity index is 290. The topological polar surface area (TPSA) is 38.3 Å². The molecule has 0 fully saturated rings. The fourth-order valence-electron chi connectivity index (χ4n) is 1.11. The van der Waals surface area contributed by atoms with E-state index in [1.54, 1.807) is 18.4 Å². The number of nitrogens with one attached hydrogen (secondary N) is 1. The van der Waals surface area contributed by atoms with Crippen LogP contribution in [0.15, 0.2) is 16.8 Å². The highest BCUT2D eigenvalue weighted by Crippen LogP contribution is 2.06. The highest BCUT2D eigenvalue weighted by atomic mass is 35.5. The molecule has 5 heteroatoms. The van der Waals surface area contributed by atoms with E-state index in [-0.39, 0.29) is 11.3 Å². The van der Waals surface area contributed by atoms with Gasteiger partial charge in [0.25, 0.3) is 0 Å². The van der Waals surface area contributed by atoms with Crippen LogP contribution in [0.25, 0.3) is 0 Å². The number of rotatable bonds is 6. The molecule has 1 N–H and O–H groups in total. The van der Waals surface area contributed by atoms with E-state index in [0.29, 0.717) is 19.6 Å². The van der Waals surface area contributed by atoms with Gasteiger partial charge < -0.3 is 10.1 Å². The monoisotopic (exact) mass is 247 g/mol. The zero-order valence-corrected chi connectivity index (χ0v) is 10.1. The van der Waals surface area contributed by atoms with Gasteiger partial charge in [-0.1, -0.05) is 0 Å². The number of alkyl halides is 1. The third-order valence-electron chi connectivity index (χ3n) is 1.81. The lowest BCUT2D eigenvalue weighted by Crippen LogP contribution is -2.32. The summed E-state index contributed by atoms with van der Waals surface area (Å²) in [6.45, 7) is 0.888. The number of thiophene rings is 1. The molecule has 0 aliphatic carbocycles. The molecule has 0 saturated carbocycles. The predicted molar refractivity (Wildman–Crippen MR) is 62.5 cm³/mol. The second-order valence-electron chi connectivity index (χ2n) is 3.17. The van der Waals surface area contributed by atoms with Crippen molar-refractivity contribution < 1.29 is 9.53 Å². The number of ether oxygens (including phenoxy) is 1. The number of carbonyl (C=O) groups excluding carboxylic acids is 1. The normalized spacial score (nSPS) is 12.4. The maximum Gasteiger partial charge on any atom is 0.224 e. The maximum absolute atomic E-state index is 11.4. The van der Waals surface area contributed by atoms with Crippen LogP contribution in [0.3, 0.4) is 0 Å². The van der Waals surface area contributed by atoms with E-state index >= 15 is 0 Å². The highest BCUT2D eigenvalue weighted by molar-refractivity contribution is 7.07. The van der Waals surface area contributed by atoms with Gasteiger partial charge in [-0.05, 0) is 22.4 Å². The summed E-state index contributed by atoms with van der Waals surface area (Å²) < 4.78 is 4.86. The van der Waals surface area contributed by atoms with Crippen molar-refractivity contribution in [3.63, 3.8) is 0 Å². The van der Waals surface area contributed by atoms with E-state index in [0.717, 1.165) is 5.56 Å². The summed E-state index contributed by atoms with van der Waals surface area (Å²) in [5.74, 6) is -0.00449. The van der Waals surface area contributed by atoms with E-state index in [4.69, 9.17) is 16.3 Å². The number of hydrogen-bond acceptors (Lipinski definition) is 3. The zero-order chi connectivity index (χ0) is 11.1. The van der Waals surface area contributed by atoms with Gasteiger partial charge in [-0.25, -0.2) is 0 Å². The molecule has 0 saturated heterocycles. The van der Waals surface area contributed by atoms with Crippen molar-refractivity contribution in [1.82, 2.24) is 5.32 Å². The van der Waals surface area contributed by atoms with Crippen molar-refractivity contribution in [2.24, 2.45) is 0 Å². The van der Waals surface area contributed by atoms with E-state index in [1.165, 1.54) is 0 Å². The second-order valence-corrected chi connectivity index (χ2v) is 4.56. The molecule has 1 rings (SSSR count). The molecule has 1 unspecified atom stereocenters. The first kappa shape index (κ1) is 12.5. The van der Waals surface area contributed by atoms with Crippen LogP contribution in [0.5, 0.6) is 0 Å². The van der Waals surface area contributed by atoms with Crippen molar-refractivity contribution in [3.05, 3.63) is 22.4 Å². The van der Waals surface area contributed by atoms with Crippen molar-refractivity contribution >= 4 is 28.8 Å². The predicted octanol–water partition coefficient (Wildman–Crippen LogP) is 1.66. The third kappa shape index (κ3) is 5.16. The van der Waals surface area contributed by atoms with E-state index in [2.05, 4.69) is 5.32 Å². The van der Waals surface area contributed by atoms with E-state index in [1.807, 2.05) is 16.8 Å². The standard InChI is InChI=1S/C10H14ClNO2S/c1-14-6-9(11)5-12-10(13)4-8-2-3-15-7-8/h2-3,7,9H,4-6H2,1H3,(H,12,13). The number of hydrogen-bond donors (Lipinski definition) is 1. The van der Waals surface area contributed by atoms with Crippen LogP contribution in [0.2, 0.25) is 0 Å². The van der Waals surface area contributed by atoms with Crippen LogP contribution >= 0.6 is 22.9 Å². The molecule has 1 amide bonds. The highest BCUT2D eigenvalue weighted by Gasteiger charge is 2.07. The molecule has 15 heavy (non-hydrogen) atoms. The number of halogens is 1. The summed E-state index contributed by atoms with van der Waals surface area (Å²) in [5, 5.41) is 6.52. The first-order chi connectivity index (χ1) is 7.22. The summed E-state index contributed by atoms with van der Waals surface area (Å²) in [4.78, 5) is 11.4. The van der Waals surface area contributed by atoms with Crippen LogP contribution in [-0.2, 0) is 16.0 Å². The van der Waals surface area contributed by atoms with Crippen LogP contribution in [0.4, 0.5) is 0 Å². The first-order valence-corrected chi connectivity index (χ1v) is 6.01. The van der Waals surface area contributed by atoms with Gasteiger partial charge in [0.2, 0.25) is 5.91 Å². The van der Waals surface area contributed by atoms with Gasteiger partial charge in [-0.3, -0.25) is 4.79 Å². The van der Waals surface area contributed by atoms with Gasteiger partial charge >= 0.3 is 0 Å². The molecule has 1 heterocycles. The minimum Gasteiger partial charge on any atom is -0.383 e. The first-order valence-electron chi connectivity index (χ1n) is 4.63. The van der Waals surface area contributed by atoms with Crippen molar-refractivity contribution in [2.75, 3.05) is 20.3 Å². The third-order valence-corrected chi connectivity index (χ3v) is 2.83. The maximum atomic E-state index is 11.4. The summed E-state index contributed by atoms with van der Waals surface area (Å²) >= 11 is 7.46. The zero-order valence-electron chi connectivity index (χ0n) is 8.53. The Morgan fingerprint density at radius 1 is 1.73 bits per heavy atom. The Labute approximate surface area is 98.4 Å². The molecule has 1 aromatic rings. The summed E-state index contributed by atoms with van der Waals surface area (Å²) in [5.41, 5.74) is 1.04. The minimum absolute atomic E-state index is 0.00449. The summed E-state index contributed by atoms with van der Waals surface area (Å²) in [6, 6.07) is 1.94. The molecule has 1 aromatic heterocycles. The molecule has 0 radical (unpaired) electrons. The number of amides is 1. The lowest BCUT2D eigenvalue weighted by molar-refractivity contribution is -0.120. The Balaban J connectivity index is 2.19. The van der Waals surface area contributed by atoms with Crippen molar-refractivity contribution in [1.29, 1.82) is 0 Å². The molecule has 0 bridgehead atoms. The average Bonchev–Trinajstić information content (AvgIpc) is 2.68. The van der Waals surface area contributed by atoms with E-state index < -0.39 is 0 Å². The fourth-order valence-corrected chi connectivity index (χ4v) is 1.98. The van der Waals surface area contributed by atoms with Crippen LogP contribution in [0.1, 0.15) is 5.56 Å². The average molecular weight is 248 g/mol. The summed E-state index contributed by atoms with van der Waals surface area (Å²) in [7, 11) is 1.59. The molecule has 0 aromatic carbocycles. The van der Waals surface area contributed by atoms with Gasteiger partial charge in [0.1, 0.15) is 0 Å². The van der Waals surface area contributed by atoms with Crippen LogP contribution < -0.4 is 5.32 Å². The molecule has 84 valence electrons. The van der Waals surface area contributed by atoms with Gasteiger partial charge in [-0.15, -0.1) is 11.6 Å². The Kier molecular flexibility index (Phi) is 5.68.